The first-order valence-electron chi connectivity index (χ1n) is 7.00. The molecule has 5 heteroatoms. The number of urea groups is 1. The van der Waals surface area contributed by atoms with Crippen molar-refractivity contribution in [2.75, 3.05) is 0 Å². The monoisotopic (exact) mass is 288 g/mol. The number of amides is 2. The van der Waals surface area contributed by atoms with Crippen molar-refractivity contribution in [3.05, 3.63) is 48.0 Å². The summed E-state index contributed by atoms with van der Waals surface area (Å²) in [4.78, 5) is 25.2. The van der Waals surface area contributed by atoms with E-state index in [1.807, 2.05) is 31.2 Å². The number of carbonyl (C=O) groups is 2. The second-order valence-corrected chi connectivity index (χ2v) is 5.33. The highest BCUT2D eigenvalue weighted by molar-refractivity contribution is 5.83. The zero-order valence-corrected chi connectivity index (χ0v) is 12.1. The maximum absolute atomic E-state index is 12.3. The smallest absolute Gasteiger partial charge is 0.326 e. The minimum atomic E-state index is -0.976. The standard InChI is InChI=1S/C16H20N2O3/c1-3-6-11(2)17-16(21)18-10-13-8-5-4-7-12(13)9-14(18)15(19)20/h3-5,7-8,11,14H,1,6,9-10H2,2H3,(H,17,21)(H,19,20)/t11?,14-/m1/s1. The summed E-state index contributed by atoms with van der Waals surface area (Å²) in [6, 6.07) is 6.40. The van der Waals surface area contributed by atoms with E-state index in [-0.39, 0.29) is 12.1 Å². The molecule has 0 aromatic heterocycles. The van der Waals surface area contributed by atoms with Crippen molar-refractivity contribution in [3.63, 3.8) is 0 Å². The van der Waals surface area contributed by atoms with Gasteiger partial charge < -0.3 is 15.3 Å². The van der Waals surface area contributed by atoms with Gasteiger partial charge in [-0.2, -0.15) is 0 Å². The van der Waals surface area contributed by atoms with E-state index >= 15 is 0 Å². The number of hydrogen-bond acceptors (Lipinski definition) is 2. The fourth-order valence-electron chi connectivity index (χ4n) is 2.56. The van der Waals surface area contributed by atoms with Crippen molar-refractivity contribution in [1.82, 2.24) is 10.2 Å². The summed E-state index contributed by atoms with van der Waals surface area (Å²) in [5.41, 5.74) is 2.00. The first-order chi connectivity index (χ1) is 10.0. The van der Waals surface area contributed by atoms with E-state index in [0.717, 1.165) is 11.1 Å². The van der Waals surface area contributed by atoms with Gasteiger partial charge in [0.15, 0.2) is 0 Å². The molecule has 21 heavy (non-hydrogen) atoms. The molecule has 2 atom stereocenters. The van der Waals surface area contributed by atoms with Crippen molar-refractivity contribution in [1.29, 1.82) is 0 Å². The molecule has 112 valence electrons. The molecule has 1 unspecified atom stereocenters. The van der Waals surface area contributed by atoms with Crippen LogP contribution in [0.4, 0.5) is 4.79 Å². The van der Waals surface area contributed by atoms with Crippen LogP contribution in [0, 0.1) is 0 Å². The fourth-order valence-corrected chi connectivity index (χ4v) is 2.56. The molecule has 1 aliphatic rings. The number of carboxylic acids is 1. The second kappa shape index (κ2) is 6.43. The number of fused-ring (bicyclic) bond motifs is 1. The zero-order chi connectivity index (χ0) is 15.4. The third-order valence-corrected chi connectivity index (χ3v) is 3.68. The number of nitrogens with zero attached hydrogens (tertiary/aromatic N) is 1. The number of benzene rings is 1. The molecule has 1 aromatic carbocycles. The summed E-state index contributed by atoms with van der Waals surface area (Å²) >= 11 is 0. The molecule has 2 N–H and O–H groups in total. The Kier molecular flexibility index (Phi) is 4.62. The van der Waals surface area contributed by atoms with Crippen LogP contribution in [0.1, 0.15) is 24.5 Å². The normalized spacial score (nSPS) is 18.5. The molecule has 0 fully saturated rings. The van der Waals surface area contributed by atoms with Crippen LogP contribution in [-0.2, 0) is 17.8 Å². The topological polar surface area (TPSA) is 69.6 Å². The summed E-state index contributed by atoms with van der Waals surface area (Å²) in [7, 11) is 0. The highest BCUT2D eigenvalue weighted by Gasteiger charge is 2.34. The number of rotatable bonds is 4. The molecule has 0 saturated heterocycles. The maximum atomic E-state index is 12.3. The molecule has 2 amide bonds. The Balaban J connectivity index is 2.18. The highest BCUT2D eigenvalue weighted by atomic mass is 16.4. The highest BCUT2D eigenvalue weighted by Crippen LogP contribution is 2.23. The quantitative estimate of drug-likeness (QED) is 0.834. The van der Waals surface area contributed by atoms with Gasteiger partial charge >= 0.3 is 12.0 Å². The summed E-state index contributed by atoms with van der Waals surface area (Å²) < 4.78 is 0. The molecule has 5 nitrogen and oxygen atoms in total. The van der Waals surface area contributed by atoms with Gasteiger partial charge in [0.05, 0.1) is 0 Å². The van der Waals surface area contributed by atoms with Crippen LogP contribution in [0.25, 0.3) is 0 Å². The van der Waals surface area contributed by atoms with Gasteiger partial charge in [0, 0.05) is 19.0 Å². The lowest BCUT2D eigenvalue weighted by Gasteiger charge is -2.35. The van der Waals surface area contributed by atoms with Gasteiger partial charge in [-0.15, -0.1) is 6.58 Å². The maximum Gasteiger partial charge on any atom is 0.326 e. The van der Waals surface area contributed by atoms with Crippen LogP contribution in [0.2, 0.25) is 0 Å². The summed E-state index contributed by atoms with van der Waals surface area (Å²) in [6.45, 7) is 5.82. The molecule has 0 saturated carbocycles. The number of nitrogens with one attached hydrogen (secondary N) is 1. The first-order valence-corrected chi connectivity index (χ1v) is 7.00. The molecule has 0 spiro atoms. The summed E-state index contributed by atoms with van der Waals surface area (Å²) in [5, 5.41) is 12.2. The average molecular weight is 288 g/mol. The number of aliphatic carboxylic acids is 1. The average Bonchev–Trinajstić information content (AvgIpc) is 2.45. The molecular weight excluding hydrogens is 268 g/mol. The molecule has 1 aromatic rings. The fraction of sp³-hybridized carbons (Fsp3) is 0.375. The molecule has 2 rings (SSSR count). The Morgan fingerprint density at radius 3 is 2.76 bits per heavy atom. The third-order valence-electron chi connectivity index (χ3n) is 3.68. The van der Waals surface area contributed by atoms with Crippen LogP contribution < -0.4 is 5.32 Å². The molecular formula is C16H20N2O3. The lowest BCUT2D eigenvalue weighted by atomic mass is 9.94. The van der Waals surface area contributed by atoms with Crippen molar-refractivity contribution < 1.29 is 14.7 Å². The first kappa shape index (κ1) is 15.1. The third kappa shape index (κ3) is 3.42. The second-order valence-electron chi connectivity index (χ2n) is 5.33. The van der Waals surface area contributed by atoms with Gasteiger partial charge in [-0.25, -0.2) is 9.59 Å². The van der Waals surface area contributed by atoms with Gasteiger partial charge in [-0.05, 0) is 24.5 Å². The predicted octanol–water partition coefficient (Wildman–Crippen LogP) is 2.17. The van der Waals surface area contributed by atoms with E-state index in [2.05, 4.69) is 11.9 Å². The van der Waals surface area contributed by atoms with Crippen LogP contribution in [0.15, 0.2) is 36.9 Å². The number of carboxylic acid groups (broad SMARTS) is 1. The van der Waals surface area contributed by atoms with Crippen LogP contribution in [0.3, 0.4) is 0 Å². The Labute approximate surface area is 124 Å². The van der Waals surface area contributed by atoms with Gasteiger partial charge in [-0.3, -0.25) is 0 Å². The predicted molar refractivity (Wildman–Crippen MR) is 79.9 cm³/mol. The van der Waals surface area contributed by atoms with E-state index in [9.17, 15) is 14.7 Å². The largest absolute Gasteiger partial charge is 0.480 e. The zero-order valence-electron chi connectivity index (χ0n) is 12.1. The van der Waals surface area contributed by atoms with Gasteiger partial charge in [0.1, 0.15) is 6.04 Å². The SMILES string of the molecule is C=CCC(C)NC(=O)N1Cc2ccccc2C[C@@H]1C(=O)O. The van der Waals surface area contributed by atoms with Crippen LogP contribution in [0.5, 0.6) is 0 Å². The lowest BCUT2D eigenvalue weighted by Crippen LogP contribution is -2.53. The van der Waals surface area contributed by atoms with Gasteiger partial charge in [0.25, 0.3) is 0 Å². The van der Waals surface area contributed by atoms with E-state index in [0.29, 0.717) is 19.4 Å². The minimum absolute atomic E-state index is 0.0679. The Morgan fingerprint density at radius 2 is 2.14 bits per heavy atom. The number of carbonyl (C=O) groups excluding carboxylic acids is 1. The number of hydrogen-bond donors (Lipinski definition) is 2. The Hall–Kier alpha value is -2.30. The van der Waals surface area contributed by atoms with Crippen molar-refractivity contribution in [2.45, 2.75) is 38.4 Å². The van der Waals surface area contributed by atoms with E-state index in [1.165, 1.54) is 4.90 Å². The Bertz CT molecular complexity index is 556. The van der Waals surface area contributed by atoms with E-state index in [1.54, 1.807) is 6.08 Å². The van der Waals surface area contributed by atoms with Crippen molar-refractivity contribution in [2.24, 2.45) is 0 Å². The summed E-state index contributed by atoms with van der Waals surface area (Å²) in [5.74, 6) is -0.976. The van der Waals surface area contributed by atoms with Crippen LogP contribution in [-0.4, -0.2) is 34.1 Å². The molecule has 1 heterocycles. The van der Waals surface area contributed by atoms with Crippen molar-refractivity contribution in [3.8, 4) is 0 Å². The molecule has 0 radical (unpaired) electrons. The van der Waals surface area contributed by atoms with Gasteiger partial charge in [0.2, 0.25) is 0 Å². The van der Waals surface area contributed by atoms with Crippen LogP contribution >= 0.6 is 0 Å². The molecule has 1 aliphatic heterocycles. The Morgan fingerprint density at radius 1 is 1.48 bits per heavy atom. The van der Waals surface area contributed by atoms with E-state index < -0.39 is 12.0 Å². The lowest BCUT2D eigenvalue weighted by molar-refractivity contribution is -0.142. The van der Waals surface area contributed by atoms with E-state index in [4.69, 9.17) is 0 Å². The summed E-state index contributed by atoms with van der Waals surface area (Å²) in [6.07, 6.45) is 2.72. The molecule has 0 aliphatic carbocycles. The van der Waals surface area contributed by atoms with Crippen molar-refractivity contribution >= 4 is 12.0 Å². The minimum Gasteiger partial charge on any atom is -0.480 e. The van der Waals surface area contributed by atoms with Gasteiger partial charge in [-0.1, -0.05) is 30.3 Å². The molecule has 0 bridgehead atoms.